The zero-order valence-electron chi connectivity index (χ0n) is 13.4. The van der Waals surface area contributed by atoms with E-state index < -0.39 is 5.66 Å². The number of guanidine groups is 1. The number of halogens is 2. The first-order chi connectivity index (χ1) is 10.9. The Morgan fingerprint density at radius 3 is 2.78 bits per heavy atom. The first-order valence-electron chi connectivity index (χ1n) is 7.58. The van der Waals surface area contributed by atoms with Crippen LogP contribution in [-0.2, 0) is 0 Å². The van der Waals surface area contributed by atoms with Crippen LogP contribution in [0.4, 0.5) is 5.69 Å². The second-order valence-corrected chi connectivity index (χ2v) is 6.78. The summed E-state index contributed by atoms with van der Waals surface area (Å²) >= 11 is 12.1. The number of hydrogen-bond acceptors (Lipinski definition) is 5. The van der Waals surface area contributed by atoms with Crippen LogP contribution in [0.3, 0.4) is 0 Å². The van der Waals surface area contributed by atoms with Gasteiger partial charge in [-0.05, 0) is 64.2 Å². The van der Waals surface area contributed by atoms with E-state index in [0.29, 0.717) is 16.0 Å². The van der Waals surface area contributed by atoms with Gasteiger partial charge in [0.15, 0.2) is 0 Å². The Bertz CT molecular complexity index is 600. The highest BCUT2D eigenvalue weighted by Crippen LogP contribution is 2.26. The maximum atomic E-state index is 6.36. The van der Waals surface area contributed by atoms with Crippen molar-refractivity contribution >= 4 is 34.8 Å². The van der Waals surface area contributed by atoms with Crippen molar-refractivity contribution in [3.63, 3.8) is 0 Å². The van der Waals surface area contributed by atoms with E-state index in [1.54, 1.807) is 12.1 Å². The van der Waals surface area contributed by atoms with Crippen LogP contribution >= 0.6 is 23.2 Å². The predicted octanol–water partition coefficient (Wildman–Crippen LogP) is 3.27. The average molecular weight is 356 g/mol. The molecule has 1 atom stereocenters. The molecule has 0 radical (unpaired) electrons. The molecular formula is C16H23Cl2N5. The van der Waals surface area contributed by atoms with Crippen LogP contribution in [0.5, 0.6) is 0 Å². The number of unbranched alkanes of at least 4 members (excludes halogenated alkanes) is 1. The minimum atomic E-state index is -0.696. The first kappa shape index (κ1) is 18.1. The Hall–Kier alpha value is -1.27. The number of hydrogen-bond donors (Lipinski definition) is 3. The number of anilines is 1. The lowest BCUT2D eigenvalue weighted by Crippen LogP contribution is -2.44. The Balaban J connectivity index is 1.98. The summed E-state index contributed by atoms with van der Waals surface area (Å²) in [5.41, 5.74) is 6.39. The van der Waals surface area contributed by atoms with Crippen molar-refractivity contribution in [1.29, 1.82) is 0 Å². The van der Waals surface area contributed by atoms with Crippen molar-refractivity contribution in [2.45, 2.75) is 24.9 Å². The molecule has 0 aromatic heterocycles. The lowest BCUT2D eigenvalue weighted by atomic mass is 10.0. The molecule has 0 aliphatic carbocycles. The zero-order chi connectivity index (χ0) is 16.9. The second-order valence-electron chi connectivity index (χ2n) is 5.94. The van der Waals surface area contributed by atoms with Gasteiger partial charge in [-0.1, -0.05) is 23.2 Å². The van der Waals surface area contributed by atoms with Crippen LogP contribution in [0.2, 0.25) is 10.0 Å². The molecule has 1 aromatic carbocycles. The summed E-state index contributed by atoms with van der Waals surface area (Å²) in [6, 6.07) is 5.26. The van der Waals surface area contributed by atoms with E-state index in [-0.39, 0.29) is 0 Å². The zero-order valence-corrected chi connectivity index (χ0v) is 15.0. The molecule has 0 spiro atoms. The molecule has 126 valence electrons. The summed E-state index contributed by atoms with van der Waals surface area (Å²) in [6.07, 6.45) is 6.59. The van der Waals surface area contributed by atoms with E-state index in [2.05, 4.69) is 34.6 Å². The summed E-state index contributed by atoms with van der Waals surface area (Å²) in [7, 11) is 4.14. The van der Waals surface area contributed by atoms with Gasteiger partial charge in [0.1, 0.15) is 5.66 Å². The monoisotopic (exact) mass is 355 g/mol. The lowest BCUT2D eigenvalue weighted by molar-refractivity contribution is 0.376. The number of aliphatic imine (C=N–C) groups is 1. The van der Waals surface area contributed by atoms with Crippen molar-refractivity contribution < 1.29 is 0 Å². The Morgan fingerprint density at radius 1 is 1.30 bits per heavy atom. The highest BCUT2D eigenvalue weighted by Gasteiger charge is 2.23. The minimum Gasteiger partial charge on any atom is -0.333 e. The number of nitrogens with two attached hydrogens (primary N) is 1. The van der Waals surface area contributed by atoms with Crippen LogP contribution in [0, 0.1) is 0 Å². The summed E-state index contributed by atoms with van der Waals surface area (Å²) in [6.45, 7) is 1.05. The molecule has 1 heterocycles. The van der Waals surface area contributed by atoms with Crippen LogP contribution < -0.4 is 16.4 Å². The first-order valence-corrected chi connectivity index (χ1v) is 8.33. The summed E-state index contributed by atoms with van der Waals surface area (Å²) < 4.78 is 0. The fourth-order valence-electron chi connectivity index (χ4n) is 2.30. The number of nitrogens with zero attached hydrogens (tertiary/aromatic N) is 2. The molecule has 0 bridgehead atoms. The van der Waals surface area contributed by atoms with E-state index in [4.69, 9.17) is 28.9 Å². The SMILES string of the molecule is CN(C)CCCCC1(N)C=CNC(Nc2ccc(Cl)cc2Cl)=N1. The smallest absolute Gasteiger partial charge is 0.202 e. The van der Waals surface area contributed by atoms with Gasteiger partial charge in [0.2, 0.25) is 5.96 Å². The molecule has 1 aliphatic rings. The number of rotatable bonds is 6. The van der Waals surface area contributed by atoms with Crippen molar-refractivity contribution in [2.75, 3.05) is 26.0 Å². The van der Waals surface area contributed by atoms with Crippen molar-refractivity contribution in [2.24, 2.45) is 10.7 Å². The molecular weight excluding hydrogens is 333 g/mol. The third-order valence-corrected chi connectivity index (χ3v) is 4.08. The highest BCUT2D eigenvalue weighted by molar-refractivity contribution is 6.36. The summed E-state index contributed by atoms with van der Waals surface area (Å²) in [5.74, 6) is 0.576. The molecule has 0 saturated carbocycles. The molecule has 0 amide bonds. The van der Waals surface area contributed by atoms with Gasteiger partial charge < -0.3 is 21.3 Å². The van der Waals surface area contributed by atoms with Crippen LogP contribution in [0.1, 0.15) is 19.3 Å². The van der Waals surface area contributed by atoms with E-state index >= 15 is 0 Å². The van der Waals surface area contributed by atoms with E-state index in [9.17, 15) is 0 Å². The Labute approximate surface area is 147 Å². The van der Waals surface area contributed by atoms with Gasteiger partial charge in [0.05, 0.1) is 10.7 Å². The Kier molecular flexibility index (Phi) is 6.30. The standard InChI is InChI=1S/C16H23Cl2N5/c1-23(2)10-4-3-7-16(19)8-9-20-15(22-16)21-14-6-5-12(17)11-13(14)18/h5-6,8-9,11H,3-4,7,10,19H2,1-2H3,(H2,20,21,22). The van der Waals surface area contributed by atoms with Gasteiger partial charge in [-0.25, -0.2) is 4.99 Å². The molecule has 1 aliphatic heterocycles. The van der Waals surface area contributed by atoms with Crippen LogP contribution in [0.15, 0.2) is 35.5 Å². The van der Waals surface area contributed by atoms with Crippen molar-refractivity contribution in [3.8, 4) is 0 Å². The lowest BCUT2D eigenvalue weighted by Gasteiger charge is -2.27. The van der Waals surface area contributed by atoms with Gasteiger partial charge in [-0.15, -0.1) is 0 Å². The number of benzene rings is 1. The maximum Gasteiger partial charge on any atom is 0.202 e. The van der Waals surface area contributed by atoms with Crippen LogP contribution in [0.25, 0.3) is 0 Å². The van der Waals surface area contributed by atoms with E-state index in [0.717, 1.165) is 31.5 Å². The maximum absolute atomic E-state index is 6.36. The fraction of sp³-hybridized carbons (Fsp3) is 0.438. The molecule has 1 aromatic rings. The van der Waals surface area contributed by atoms with Crippen molar-refractivity contribution in [3.05, 3.63) is 40.5 Å². The Morgan fingerprint density at radius 2 is 2.09 bits per heavy atom. The van der Waals surface area contributed by atoms with E-state index in [1.807, 2.05) is 18.3 Å². The molecule has 23 heavy (non-hydrogen) atoms. The summed E-state index contributed by atoms with van der Waals surface area (Å²) in [4.78, 5) is 6.74. The van der Waals surface area contributed by atoms with Crippen molar-refractivity contribution in [1.82, 2.24) is 10.2 Å². The molecule has 0 saturated heterocycles. The highest BCUT2D eigenvalue weighted by atomic mass is 35.5. The second kappa shape index (κ2) is 8.02. The largest absolute Gasteiger partial charge is 0.333 e. The molecule has 5 nitrogen and oxygen atoms in total. The van der Waals surface area contributed by atoms with Gasteiger partial charge in [0, 0.05) is 11.2 Å². The normalized spacial score (nSPS) is 20.3. The molecule has 7 heteroatoms. The van der Waals surface area contributed by atoms with Gasteiger partial charge in [-0.3, -0.25) is 0 Å². The fourth-order valence-corrected chi connectivity index (χ4v) is 2.76. The average Bonchev–Trinajstić information content (AvgIpc) is 2.47. The van der Waals surface area contributed by atoms with E-state index in [1.165, 1.54) is 0 Å². The molecule has 2 rings (SSSR count). The van der Waals surface area contributed by atoms with Gasteiger partial charge >= 0.3 is 0 Å². The van der Waals surface area contributed by atoms with Gasteiger partial charge in [-0.2, -0.15) is 0 Å². The third-order valence-electron chi connectivity index (χ3n) is 3.53. The molecule has 4 N–H and O–H groups in total. The molecule has 1 unspecified atom stereocenters. The summed E-state index contributed by atoms with van der Waals surface area (Å²) in [5, 5.41) is 7.32. The number of nitrogens with one attached hydrogen (secondary N) is 2. The topological polar surface area (TPSA) is 65.7 Å². The minimum absolute atomic E-state index is 0.533. The third kappa shape index (κ3) is 5.70. The van der Waals surface area contributed by atoms with Gasteiger partial charge in [0.25, 0.3) is 0 Å². The molecule has 0 fully saturated rings. The quantitative estimate of drug-likeness (QED) is 0.685. The predicted molar refractivity (Wildman–Crippen MR) is 99.1 cm³/mol. The van der Waals surface area contributed by atoms with Crippen LogP contribution in [-0.4, -0.2) is 37.2 Å².